The quantitative estimate of drug-likeness (QED) is 0.596. The molecule has 0 radical (unpaired) electrons. The first-order chi connectivity index (χ1) is 12.2. The fraction of sp³-hybridized carbons (Fsp3) is 0.263. The predicted octanol–water partition coefficient (Wildman–Crippen LogP) is 5.43. The van der Waals surface area contributed by atoms with Crippen molar-refractivity contribution in [2.75, 3.05) is 6.54 Å². The van der Waals surface area contributed by atoms with E-state index in [9.17, 15) is 4.79 Å². The number of hydrogen-bond acceptors (Lipinski definition) is 4. The van der Waals surface area contributed by atoms with Crippen LogP contribution in [-0.2, 0) is 11.2 Å². The molecule has 0 unspecified atom stereocenters. The number of amides is 1. The zero-order chi connectivity index (χ0) is 17.2. The Balaban J connectivity index is 1.49. The van der Waals surface area contributed by atoms with E-state index in [1.807, 2.05) is 34.5 Å². The largest absolute Gasteiger partial charge is 0.335 e. The molecule has 6 heteroatoms. The summed E-state index contributed by atoms with van der Waals surface area (Å²) >= 11 is 9.47. The van der Waals surface area contributed by atoms with E-state index >= 15 is 0 Å². The van der Waals surface area contributed by atoms with Gasteiger partial charge in [-0.3, -0.25) is 4.79 Å². The molecule has 3 aromatic rings. The van der Waals surface area contributed by atoms with E-state index in [2.05, 4.69) is 21.8 Å². The average Bonchev–Trinajstić information content (AvgIpc) is 3.36. The van der Waals surface area contributed by atoms with Crippen LogP contribution in [0.4, 0.5) is 0 Å². The second kappa shape index (κ2) is 7.28. The fourth-order valence-corrected chi connectivity index (χ4v) is 5.13. The Kier molecular flexibility index (Phi) is 4.88. The van der Waals surface area contributed by atoms with Crippen LogP contribution in [0.15, 0.2) is 46.5 Å². The molecule has 1 atom stereocenters. The molecule has 128 valence electrons. The van der Waals surface area contributed by atoms with Gasteiger partial charge >= 0.3 is 0 Å². The highest BCUT2D eigenvalue weighted by atomic mass is 35.5. The van der Waals surface area contributed by atoms with Gasteiger partial charge in [0, 0.05) is 17.5 Å². The van der Waals surface area contributed by atoms with Crippen LogP contribution in [0.25, 0.3) is 10.6 Å². The van der Waals surface area contributed by atoms with Crippen LogP contribution < -0.4 is 0 Å². The Bertz CT molecular complexity index is 875. The Morgan fingerprint density at radius 2 is 2.16 bits per heavy atom. The molecular formula is C19H17ClN2OS2. The second-order valence-corrected chi connectivity index (χ2v) is 8.15. The number of rotatable bonds is 4. The number of aromatic nitrogens is 1. The Hall–Kier alpha value is -1.69. The third-order valence-corrected chi connectivity index (χ3v) is 6.44. The smallest absolute Gasteiger partial charge is 0.229 e. The average molecular weight is 389 g/mol. The maximum absolute atomic E-state index is 12.8. The molecule has 1 saturated heterocycles. The number of benzene rings is 1. The van der Waals surface area contributed by atoms with Gasteiger partial charge in [-0.05, 0) is 41.3 Å². The minimum Gasteiger partial charge on any atom is -0.335 e. The summed E-state index contributed by atoms with van der Waals surface area (Å²) in [5, 5.41) is 7.74. The van der Waals surface area contributed by atoms with Gasteiger partial charge in [0.15, 0.2) is 0 Å². The number of halogens is 1. The van der Waals surface area contributed by atoms with Gasteiger partial charge in [-0.15, -0.1) is 11.3 Å². The summed E-state index contributed by atoms with van der Waals surface area (Å²) < 4.78 is 0. The van der Waals surface area contributed by atoms with Gasteiger partial charge < -0.3 is 4.90 Å². The maximum atomic E-state index is 12.8. The van der Waals surface area contributed by atoms with Gasteiger partial charge in [-0.1, -0.05) is 29.8 Å². The van der Waals surface area contributed by atoms with E-state index in [0.29, 0.717) is 11.4 Å². The lowest BCUT2D eigenvalue weighted by Crippen LogP contribution is -2.31. The number of hydrogen-bond donors (Lipinski definition) is 0. The first-order valence-corrected chi connectivity index (χ1v) is 10.4. The van der Waals surface area contributed by atoms with E-state index in [4.69, 9.17) is 11.6 Å². The van der Waals surface area contributed by atoms with Gasteiger partial charge in [0.1, 0.15) is 5.01 Å². The summed E-state index contributed by atoms with van der Waals surface area (Å²) in [6, 6.07) is 10.0. The lowest BCUT2D eigenvalue weighted by Gasteiger charge is -2.24. The van der Waals surface area contributed by atoms with Crippen LogP contribution in [0.3, 0.4) is 0 Å². The highest BCUT2D eigenvalue weighted by molar-refractivity contribution is 7.13. The van der Waals surface area contributed by atoms with Crippen molar-refractivity contribution in [3.63, 3.8) is 0 Å². The molecule has 1 fully saturated rings. The number of nitrogens with zero attached hydrogens (tertiary/aromatic N) is 2. The summed E-state index contributed by atoms with van der Waals surface area (Å²) in [6.45, 7) is 0.834. The molecule has 2 aromatic heterocycles. The number of thiophene rings is 1. The summed E-state index contributed by atoms with van der Waals surface area (Å²) in [5.41, 5.74) is 3.00. The van der Waals surface area contributed by atoms with Crippen molar-refractivity contribution in [3.05, 3.63) is 62.8 Å². The summed E-state index contributed by atoms with van der Waals surface area (Å²) in [6.07, 6.45) is 2.46. The van der Waals surface area contributed by atoms with Crippen molar-refractivity contribution in [3.8, 4) is 10.6 Å². The highest BCUT2D eigenvalue weighted by Crippen LogP contribution is 2.34. The summed E-state index contributed by atoms with van der Waals surface area (Å²) in [5.74, 6) is 0.157. The summed E-state index contributed by atoms with van der Waals surface area (Å²) in [7, 11) is 0. The van der Waals surface area contributed by atoms with E-state index in [1.54, 1.807) is 11.3 Å². The van der Waals surface area contributed by atoms with E-state index < -0.39 is 0 Å². The second-order valence-electron chi connectivity index (χ2n) is 6.10. The zero-order valence-electron chi connectivity index (χ0n) is 13.5. The van der Waals surface area contributed by atoms with E-state index in [0.717, 1.165) is 35.7 Å². The molecule has 1 aromatic carbocycles. The first kappa shape index (κ1) is 16.8. The molecule has 0 N–H and O–H groups in total. The van der Waals surface area contributed by atoms with Crippen LogP contribution in [0.5, 0.6) is 0 Å². The van der Waals surface area contributed by atoms with E-state index in [1.165, 1.54) is 16.9 Å². The molecule has 0 aliphatic carbocycles. The summed E-state index contributed by atoms with van der Waals surface area (Å²) in [4.78, 5) is 19.4. The van der Waals surface area contributed by atoms with Gasteiger partial charge in [-0.2, -0.15) is 11.3 Å². The first-order valence-electron chi connectivity index (χ1n) is 8.23. The molecule has 1 aliphatic heterocycles. The van der Waals surface area contributed by atoms with Crippen molar-refractivity contribution >= 4 is 40.2 Å². The van der Waals surface area contributed by atoms with Crippen molar-refractivity contribution in [2.24, 2.45) is 0 Å². The lowest BCUT2D eigenvalue weighted by molar-refractivity contribution is -0.131. The van der Waals surface area contributed by atoms with Gasteiger partial charge in [0.25, 0.3) is 0 Å². The topological polar surface area (TPSA) is 33.2 Å². The van der Waals surface area contributed by atoms with Crippen molar-refractivity contribution < 1.29 is 4.79 Å². The molecule has 25 heavy (non-hydrogen) atoms. The standard InChI is InChI=1S/C19H17ClN2OS2/c20-16-5-2-1-4-15(16)19-21-14(12-25-19)10-18(23)22-8-3-6-17(22)13-7-9-24-11-13/h1-2,4-5,7,9,11-12,17H,3,6,8,10H2/t17-/m0/s1. The van der Waals surface area contributed by atoms with Crippen molar-refractivity contribution in [2.45, 2.75) is 25.3 Å². The molecule has 0 saturated carbocycles. The third kappa shape index (κ3) is 3.50. The van der Waals surface area contributed by atoms with Crippen LogP contribution in [0, 0.1) is 0 Å². The molecule has 1 aliphatic rings. The van der Waals surface area contributed by atoms with Crippen molar-refractivity contribution in [1.29, 1.82) is 0 Å². The number of likely N-dealkylation sites (tertiary alicyclic amines) is 1. The fourth-order valence-electron chi connectivity index (χ4n) is 3.28. The van der Waals surface area contributed by atoms with Crippen LogP contribution in [0.1, 0.15) is 30.1 Å². The SMILES string of the molecule is O=C(Cc1csc(-c2ccccc2Cl)n1)N1CCC[C@H]1c1ccsc1. The third-order valence-electron chi connectivity index (χ3n) is 4.49. The number of carbonyl (C=O) groups is 1. The minimum atomic E-state index is 0.157. The molecule has 4 rings (SSSR count). The van der Waals surface area contributed by atoms with Gasteiger partial charge in [0.2, 0.25) is 5.91 Å². The van der Waals surface area contributed by atoms with Crippen LogP contribution in [0.2, 0.25) is 5.02 Å². The number of carbonyl (C=O) groups excluding carboxylic acids is 1. The molecule has 0 bridgehead atoms. The van der Waals surface area contributed by atoms with Gasteiger partial charge in [0.05, 0.1) is 23.2 Å². The van der Waals surface area contributed by atoms with Crippen molar-refractivity contribution in [1.82, 2.24) is 9.88 Å². The lowest BCUT2D eigenvalue weighted by atomic mass is 10.1. The minimum absolute atomic E-state index is 0.157. The molecule has 1 amide bonds. The Morgan fingerprint density at radius 3 is 2.96 bits per heavy atom. The zero-order valence-corrected chi connectivity index (χ0v) is 15.9. The monoisotopic (exact) mass is 388 g/mol. The van der Waals surface area contributed by atoms with Crippen LogP contribution in [-0.4, -0.2) is 22.3 Å². The molecule has 0 spiro atoms. The number of thiazole rings is 1. The van der Waals surface area contributed by atoms with E-state index in [-0.39, 0.29) is 11.9 Å². The normalized spacial score (nSPS) is 17.2. The van der Waals surface area contributed by atoms with Crippen LogP contribution >= 0.6 is 34.3 Å². The highest BCUT2D eigenvalue weighted by Gasteiger charge is 2.30. The Morgan fingerprint density at radius 1 is 1.28 bits per heavy atom. The van der Waals surface area contributed by atoms with Gasteiger partial charge in [-0.25, -0.2) is 4.98 Å². The maximum Gasteiger partial charge on any atom is 0.229 e. The molecule has 3 nitrogen and oxygen atoms in total. The predicted molar refractivity (Wildman–Crippen MR) is 104 cm³/mol. The molecule has 3 heterocycles. The molecular weight excluding hydrogens is 372 g/mol. The Labute approximate surface area is 159 Å².